The molecule has 1 saturated heterocycles. The van der Waals surface area contributed by atoms with Gasteiger partial charge in [0.15, 0.2) is 5.16 Å². The normalized spacial score (nSPS) is 18.2. The van der Waals surface area contributed by atoms with Crippen LogP contribution in [0.5, 0.6) is 0 Å². The Morgan fingerprint density at radius 1 is 1.23 bits per heavy atom. The number of aryl methyl sites for hydroxylation is 2. The lowest BCUT2D eigenvalue weighted by Crippen LogP contribution is -2.36. The predicted octanol–water partition coefficient (Wildman–Crippen LogP) is 5.75. The van der Waals surface area contributed by atoms with E-state index in [1.807, 2.05) is 25.4 Å². The zero-order chi connectivity index (χ0) is 21.6. The second-order valence-corrected chi connectivity index (χ2v) is 9.59. The van der Waals surface area contributed by atoms with Crippen molar-refractivity contribution in [1.82, 2.24) is 19.9 Å². The van der Waals surface area contributed by atoms with Gasteiger partial charge in [-0.15, -0.1) is 0 Å². The van der Waals surface area contributed by atoms with Gasteiger partial charge >= 0.3 is 0 Å². The molecule has 4 heterocycles. The van der Waals surface area contributed by atoms with Gasteiger partial charge in [0.2, 0.25) is 0 Å². The summed E-state index contributed by atoms with van der Waals surface area (Å²) in [5.41, 5.74) is 3.63. The molecule has 164 valence electrons. The number of pyridine rings is 1. The fourth-order valence-electron chi connectivity index (χ4n) is 4.27. The van der Waals surface area contributed by atoms with Crippen molar-refractivity contribution >= 4 is 11.8 Å². The molecule has 31 heavy (non-hydrogen) atoms. The summed E-state index contributed by atoms with van der Waals surface area (Å²) in [6, 6.07) is 8.25. The monoisotopic (exact) mass is 436 g/mol. The Bertz CT molecular complexity index is 975. The molecule has 1 aliphatic heterocycles. The van der Waals surface area contributed by atoms with Crippen LogP contribution in [0.3, 0.4) is 0 Å². The van der Waals surface area contributed by atoms with Gasteiger partial charge in [-0.05, 0) is 75.5 Å². The zero-order valence-electron chi connectivity index (χ0n) is 18.8. The summed E-state index contributed by atoms with van der Waals surface area (Å²) in [7, 11) is 0. The van der Waals surface area contributed by atoms with Gasteiger partial charge in [0.05, 0.1) is 5.69 Å². The highest BCUT2D eigenvalue weighted by Crippen LogP contribution is 2.30. The highest BCUT2D eigenvalue weighted by Gasteiger charge is 2.25. The molecule has 3 aromatic heterocycles. The number of nitrogens with zero attached hydrogens (tertiary/aromatic N) is 4. The van der Waals surface area contributed by atoms with Crippen molar-refractivity contribution in [3.8, 4) is 0 Å². The SMILES string of the molecule is Cc1ccc(C(C)CCN2CCCC(c3nc(SCc4cccnc4)ncc3C)C2)o1. The molecule has 0 saturated carbocycles. The van der Waals surface area contributed by atoms with E-state index in [1.54, 1.807) is 18.0 Å². The molecule has 0 amide bonds. The standard InChI is InChI=1S/C25H32N4OS/c1-18(23-9-8-20(3)30-23)10-13-29-12-5-7-22(16-29)24-19(2)14-27-25(28-24)31-17-21-6-4-11-26-15-21/h4,6,8-9,11,14-15,18,22H,5,7,10,12-13,16-17H2,1-3H3. The Labute approximate surface area is 189 Å². The van der Waals surface area contributed by atoms with E-state index in [4.69, 9.17) is 9.40 Å². The van der Waals surface area contributed by atoms with Crippen LogP contribution in [-0.4, -0.2) is 39.5 Å². The highest BCUT2D eigenvalue weighted by molar-refractivity contribution is 7.98. The van der Waals surface area contributed by atoms with Crippen LogP contribution in [0.15, 0.2) is 52.4 Å². The van der Waals surface area contributed by atoms with Crippen LogP contribution < -0.4 is 0 Å². The summed E-state index contributed by atoms with van der Waals surface area (Å²) in [6.45, 7) is 9.77. The summed E-state index contributed by atoms with van der Waals surface area (Å²) in [5.74, 6) is 3.88. The second-order valence-electron chi connectivity index (χ2n) is 8.65. The maximum Gasteiger partial charge on any atom is 0.188 e. The lowest BCUT2D eigenvalue weighted by molar-refractivity contribution is 0.198. The molecule has 5 nitrogen and oxygen atoms in total. The van der Waals surface area contributed by atoms with Crippen LogP contribution in [-0.2, 0) is 5.75 Å². The predicted molar refractivity (Wildman–Crippen MR) is 125 cm³/mol. The first-order valence-electron chi connectivity index (χ1n) is 11.2. The fourth-order valence-corrected chi connectivity index (χ4v) is 5.03. The molecule has 2 atom stereocenters. The lowest BCUT2D eigenvalue weighted by atomic mass is 9.92. The molecule has 0 radical (unpaired) electrons. The van der Waals surface area contributed by atoms with Gasteiger partial charge < -0.3 is 9.32 Å². The third-order valence-corrected chi connectivity index (χ3v) is 7.03. The molecular weight excluding hydrogens is 404 g/mol. The van der Waals surface area contributed by atoms with E-state index < -0.39 is 0 Å². The smallest absolute Gasteiger partial charge is 0.188 e. The van der Waals surface area contributed by atoms with Gasteiger partial charge in [0.25, 0.3) is 0 Å². The molecule has 0 aliphatic carbocycles. The van der Waals surface area contributed by atoms with Crippen LogP contribution >= 0.6 is 11.8 Å². The molecule has 3 aromatic rings. The Morgan fingerprint density at radius 2 is 2.13 bits per heavy atom. The number of likely N-dealkylation sites (tertiary alicyclic amines) is 1. The van der Waals surface area contributed by atoms with Crippen LogP contribution in [0.2, 0.25) is 0 Å². The molecule has 0 aromatic carbocycles. The molecule has 1 aliphatic rings. The van der Waals surface area contributed by atoms with Crippen molar-refractivity contribution in [3.63, 3.8) is 0 Å². The molecule has 6 heteroatoms. The van der Waals surface area contributed by atoms with E-state index in [9.17, 15) is 0 Å². The van der Waals surface area contributed by atoms with Gasteiger partial charge in [-0.1, -0.05) is 24.8 Å². The number of furan rings is 1. The molecule has 1 fully saturated rings. The average molecular weight is 437 g/mol. The molecule has 0 N–H and O–H groups in total. The maximum atomic E-state index is 5.82. The van der Waals surface area contributed by atoms with Crippen LogP contribution in [0.4, 0.5) is 0 Å². The number of rotatable bonds is 8. The van der Waals surface area contributed by atoms with Crippen molar-refractivity contribution in [3.05, 3.63) is 71.2 Å². The quantitative estimate of drug-likeness (QED) is 0.331. The summed E-state index contributed by atoms with van der Waals surface area (Å²) in [4.78, 5) is 16.3. The Hall–Kier alpha value is -2.18. The molecule has 4 rings (SSSR count). The van der Waals surface area contributed by atoms with Gasteiger partial charge in [0.1, 0.15) is 11.5 Å². The first-order valence-corrected chi connectivity index (χ1v) is 12.2. The fraction of sp³-hybridized carbons (Fsp3) is 0.480. The Kier molecular flexibility index (Phi) is 7.41. The maximum absolute atomic E-state index is 5.82. The first-order chi connectivity index (χ1) is 15.1. The number of thioether (sulfide) groups is 1. The van der Waals surface area contributed by atoms with Gasteiger partial charge in [-0.25, -0.2) is 9.97 Å². The Balaban J connectivity index is 1.35. The van der Waals surface area contributed by atoms with Crippen molar-refractivity contribution in [1.29, 1.82) is 0 Å². The minimum atomic E-state index is 0.449. The summed E-state index contributed by atoms with van der Waals surface area (Å²) in [6.07, 6.45) is 9.25. The van der Waals surface area contributed by atoms with Crippen molar-refractivity contribution in [2.45, 2.75) is 62.8 Å². The number of piperidine rings is 1. The molecule has 0 bridgehead atoms. The third-order valence-electron chi connectivity index (χ3n) is 6.10. The van der Waals surface area contributed by atoms with E-state index >= 15 is 0 Å². The summed E-state index contributed by atoms with van der Waals surface area (Å²) < 4.78 is 5.82. The first kappa shape index (κ1) is 22.0. The van der Waals surface area contributed by atoms with E-state index in [0.717, 1.165) is 41.9 Å². The van der Waals surface area contributed by atoms with E-state index in [-0.39, 0.29) is 0 Å². The number of aromatic nitrogens is 3. The van der Waals surface area contributed by atoms with Crippen LogP contribution in [0, 0.1) is 13.8 Å². The van der Waals surface area contributed by atoms with Crippen molar-refractivity contribution in [2.24, 2.45) is 0 Å². The summed E-state index contributed by atoms with van der Waals surface area (Å²) in [5, 5.41) is 0.864. The average Bonchev–Trinajstić information content (AvgIpc) is 3.24. The van der Waals surface area contributed by atoms with E-state index in [2.05, 4.69) is 46.9 Å². The van der Waals surface area contributed by atoms with Crippen molar-refractivity contribution in [2.75, 3.05) is 19.6 Å². The van der Waals surface area contributed by atoms with Crippen molar-refractivity contribution < 1.29 is 4.42 Å². The van der Waals surface area contributed by atoms with E-state index in [0.29, 0.717) is 11.8 Å². The van der Waals surface area contributed by atoms with Crippen LogP contribution in [0.25, 0.3) is 0 Å². The minimum absolute atomic E-state index is 0.449. The van der Waals surface area contributed by atoms with Gasteiger partial charge in [0, 0.05) is 42.7 Å². The minimum Gasteiger partial charge on any atom is -0.466 e. The Morgan fingerprint density at radius 3 is 2.90 bits per heavy atom. The topological polar surface area (TPSA) is 55.1 Å². The van der Waals surface area contributed by atoms with Crippen LogP contribution in [0.1, 0.15) is 66.4 Å². The third kappa shape index (κ3) is 5.95. The lowest BCUT2D eigenvalue weighted by Gasteiger charge is -2.33. The van der Waals surface area contributed by atoms with Gasteiger partial charge in [-0.3, -0.25) is 4.98 Å². The number of hydrogen-bond donors (Lipinski definition) is 0. The second kappa shape index (κ2) is 10.4. The molecule has 0 spiro atoms. The number of hydrogen-bond acceptors (Lipinski definition) is 6. The molecular formula is C25H32N4OS. The summed E-state index contributed by atoms with van der Waals surface area (Å²) >= 11 is 1.69. The largest absolute Gasteiger partial charge is 0.466 e. The van der Waals surface area contributed by atoms with Gasteiger partial charge in [-0.2, -0.15) is 0 Å². The van der Waals surface area contributed by atoms with E-state index in [1.165, 1.54) is 36.2 Å². The highest BCUT2D eigenvalue weighted by atomic mass is 32.2. The molecule has 2 unspecified atom stereocenters. The zero-order valence-corrected chi connectivity index (χ0v) is 19.6.